The predicted octanol–water partition coefficient (Wildman–Crippen LogP) is 1.03. The number of carbonyl (C=O) groups excluding carboxylic acids is 1. The quantitative estimate of drug-likeness (QED) is 0.806. The minimum atomic E-state index is -1.12. The summed E-state index contributed by atoms with van der Waals surface area (Å²) < 4.78 is 11.0. The zero-order valence-corrected chi connectivity index (χ0v) is 9.54. The van der Waals surface area contributed by atoms with Gasteiger partial charge in [-0.05, 0) is 17.7 Å². The number of rotatable bonds is 2. The predicted molar refractivity (Wildman–Crippen MR) is 53.7 cm³/mol. The molecule has 1 aliphatic rings. The van der Waals surface area contributed by atoms with Crippen molar-refractivity contribution in [2.45, 2.75) is 12.8 Å². The largest absolute Gasteiger partial charge is 0.550 e. The highest BCUT2D eigenvalue weighted by atomic mass is 79.9. The number of aliphatic carboxylic acids is 1. The van der Waals surface area contributed by atoms with Crippen LogP contribution in [0.4, 0.5) is 0 Å². The van der Waals surface area contributed by atoms with E-state index in [1.54, 1.807) is 19.1 Å². The Morgan fingerprint density at radius 2 is 2.07 bits per heavy atom. The van der Waals surface area contributed by atoms with Gasteiger partial charge in [0.2, 0.25) is 6.79 Å². The van der Waals surface area contributed by atoms with Crippen molar-refractivity contribution in [3.05, 3.63) is 22.2 Å². The molecule has 0 bridgehead atoms. The van der Waals surface area contributed by atoms with E-state index in [1.165, 1.54) is 0 Å². The summed E-state index contributed by atoms with van der Waals surface area (Å²) in [7, 11) is 0. The number of carbonyl (C=O) groups is 1. The van der Waals surface area contributed by atoms with Crippen molar-refractivity contribution in [2.24, 2.45) is 0 Å². The Morgan fingerprint density at radius 1 is 1.47 bits per heavy atom. The Morgan fingerprint density at radius 3 is 2.67 bits per heavy atom. The van der Waals surface area contributed by atoms with Gasteiger partial charge in [0.05, 0.1) is 0 Å². The Kier molecular flexibility index (Phi) is 2.56. The van der Waals surface area contributed by atoms with E-state index >= 15 is 0 Å². The molecule has 1 atom stereocenters. The SMILES string of the molecule is CC(C(=O)[O-])c1cc2c(cc1Br)OCO2. The number of hydrogen-bond donors (Lipinski definition) is 0. The van der Waals surface area contributed by atoms with Gasteiger partial charge in [0.25, 0.3) is 0 Å². The maximum absolute atomic E-state index is 10.7. The van der Waals surface area contributed by atoms with Gasteiger partial charge in [0.1, 0.15) is 0 Å². The standard InChI is InChI=1S/C10H9BrO4/c1-5(10(12)13)6-2-8-9(3-7(6)11)15-4-14-8/h2-3,5H,4H2,1H3,(H,12,13)/p-1. The molecule has 0 saturated heterocycles. The van der Waals surface area contributed by atoms with Crippen molar-refractivity contribution in [1.29, 1.82) is 0 Å². The van der Waals surface area contributed by atoms with Gasteiger partial charge >= 0.3 is 0 Å². The van der Waals surface area contributed by atoms with Crippen LogP contribution in [0.5, 0.6) is 11.5 Å². The smallest absolute Gasteiger partial charge is 0.231 e. The average Bonchev–Trinajstić information content (AvgIpc) is 2.62. The molecule has 15 heavy (non-hydrogen) atoms. The monoisotopic (exact) mass is 271 g/mol. The summed E-state index contributed by atoms with van der Waals surface area (Å²) >= 11 is 3.29. The van der Waals surface area contributed by atoms with Crippen LogP contribution in [-0.2, 0) is 4.79 Å². The van der Waals surface area contributed by atoms with Crippen LogP contribution in [0.25, 0.3) is 0 Å². The van der Waals surface area contributed by atoms with E-state index in [1.807, 2.05) is 0 Å². The van der Waals surface area contributed by atoms with Crippen molar-refractivity contribution in [3.63, 3.8) is 0 Å². The molecular weight excluding hydrogens is 264 g/mol. The molecule has 0 saturated carbocycles. The average molecular weight is 272 g/mol. The number of ether oxygens (including phenoxy) is 2. The molecule has 5 heteroatoms. The summed E-state index contributed by atoms with van der Waals surface area (Å²) in [4.78, 5) is 10.7. The number of benzene rings is 1. The van der Waals surface area contributed by atoms with Crippen molar-refractivity contribution in [1.82, 2.24) is 0 Å². The third kappa shape index (κ3) is 1.79. The summed E-state index contributed by atoms with van der Waals surface area (Å²) in [5.74, 6) is -0.610. The van der Waals surface area contributed by atoms with Crippen LogP contribution in [0.1, 0.15) is 18.4 Å². The molecule has 0 spiro atoms. The lowest BCUT2D eigenvalue weighted by Crippen LogP contribution is -2.28. The van der Waals surface area contributed by atoms with Crippen LogP contribution in [0.15, 0.2) is 16.6 Å². The zero-order chi connectivity index (χ0) is 11.0. The Hall–Kier alpha value is -1.23. The fourth-order valence-corrected chi connectivity index (χ4v) is 2.06. The normalized spacial score (nSPS) is 15.1. The van der Waals surface area contributed by atoms with E-state index in [4.69, 9.17) is 9.47 Å². The van der Waals surface area contributed by atoms with Gasteiger partial charge in [0, 0.05) is 16.4 Å². The highest BCUT2D eigenvalue weighted by Crippen LogP contribution is 2.39. The number of hydrogen-bond acceptors (Lipinski definition) is 4. The first-order chi connectivity index (χ1) is 7.09. The fraction of sp³-hybridized carbons (Fsp3) is 0.300. The molecule has 0 aromatic heterocycles. The molecular formula is C10H8BrO4-. The molecule has 80 valence electrons. The molecule has 0 aliphatic carbocycles. The first-order valence-electron chi connectivity index (χ1n) is 4.39. The Labute approximate surface area is 94.9 Å². The molecule has 1 aliphatic heterocycles. The third-order valence-electron chi connectivity index (χ3n) is 2.31. The second-order valence-corrected chi connectivity index (χ2v) is 4.12. The van der Waals surface area contributed by atoms with E-state index in [2.05, 4.69) is 15.9 Å². The Bertz CT molecular complexity index is 416. The van der Waals surface area contributed by atoms with Crippen LogP contribution in [-0.4, -0.2) is 12.8 Å². The first kappa shape index (κ1) is 10.3. The number of halogens is 1. The topological polar surface area (TPSA) is 58.6 Å². The van der Waals surface area contributed by atoms with Gasteiger partial charge in [-0.3, -0.25) is 0 Å². The molecule has 1 aromatic rings. The van der Waals surface area contributed by atoms with Gasteiger partial charge in [-0.15, -0.1) is 0 Å². The van der Waals surface area contributed by atoms with Crippen molar-refractivity contribution < 1.29 is 19.4 Å². The van der Waals surface area contributed by atoms with Gasteiger partial charge in [-0.25, -0.2) is 0 Å². The molecule has 4 nitrogen and oxygen atoms in total. The van der Waals surface area contributed by atoms with E-state index in [0.717, 1.165) is 0 Å². The second kappa shape index (κ2) is 3.73. The van der Waals surface area contributed by atoms with Crippen molar-refractivity contribution in [3.8, 4) is 11.5 Å². The van der Waals surface area contributed by atoms with Crippen LogP contribution in [0.3, 0.4) is 0 Å². The lowest BCUT2D eigenvalue weighted by atomic mass is 10.0. The summed E-state index contributed by atoms with van der Waals surface area (Å²) in [6.07, 6.45) is 0. The highest BCUT2D eigenvalue weighted by Gasteiger charge is 2.19. The summed E-state index contributed by atoms with van der Waals surface area (Å²) in [6, 6.07) is 3.37. The van der Waals surface area contributed by atoms with E-state index in [-0.39, 0.29) is 6.79 Å². The lowest BCUT2D eigenvalue weighted by molar-refractivity contribution is -0.307. The van der Waals surface area contributed by atoms with Crippen molar-refractivity contribution in [2.75, 3.05) is 6.79 Å². The highest BCUT2D eigenvalue weighted by molar-refractivity contribution is 9.10. The molecule has 2 rings (SSSR count). The molecule has 1 aromatic carbocycles. The zero-order valence-electron chi connectivity index (χ0n) is 7.95. The van der Waals surface area contributed by atoms with Crippen LogP contribution in [0, 0.1) is 0 Å². The number of fused-ring (bicyclic) bond motifs is 1. The van der Waals surface area contributed by atoms with E-state index < -0.39 is 11.9 Å². The summed E-state index contributed by atoms with van der Waals surface area (Å²) in [5.41, 5.74) is 0.624. The lowest BCUT2D eigenvalue weighted by Gasteiger charge is -2.15. The molecule has 0 N–H and O–H groups in total. The minimum absolute atomic E-state index is 0.172. The molecule has 1 heterocycles. The first-order valence-corrected chi connectivity index (χ1v) is 5.19. The summed E-state index contributed by atoms with van der Waals surface area (Å²) in [6.45, 7) is 1.74. The van der Waals surface area contributed by atoms with Gasteiger partial charge in [-0.1, -0.05) is 22.9 Å². The summed E-state index contributed by atoms with van der Waals surface area (Å²) in [5, 5.41) is 10.7. The van der Waals surface area contributed by atoms with Gasteiger partial charge in [-0.2, -0.15) is 0 Å². The van der Waals surface area contributed by atoms with Gasteiger partial charge in [0.15, 0.2) is 11.5 Å². The molecule has 0 amide bonds. The Balaban J connectivity index is 2.44. The van der Waals surface area contributed by atoms with Gasteiger partial charge < -0.3 is 19.4 Å². The van der Waals surface area contributed by atoms with Crippen LogP contribution < -0.4 is 14.6 Å². The molecule has 1 unspecified atom stereocenters. The van der Waals surface area contributed by atoms with Crippen molar-refractivity contribution >= 4 is 21.9 Å². The van der Waals surface area contributed by atoms with Crippen LogP contribution >= 0.6 is 15.9 Å². The fourth-order valence-electron chi connectivity index (χ4n) is 1.39. The molecule has 0 fully saturated rings. The van der Waals surface area contributed by atoms with E-state index in [9.17, 15) is 9.90 Å². The maximum Gasteiger partial charge on any atom is 0.231 e. The molecule has 0 radical (unpaired) electrons. The number of carboxylic acid groups (broad SMARTS) is 1. The maximum atomic E-state index is 10.7. The number of carboxylic acids is 1. The van der Waals surface area contributed by atoms with E-state index in [0.29, 0.717) is 21.5 Å². The third-order valence-corrected chi connectivity index (χ3v) is 3.00. The minimum Gasteiger partial charge on any atom is -0.550 e. The second-order valence-electron chi connectivity index (χ2n) is 3.27. The van der Waals surface area contributed by atoms with Crippen LogP contribution in [0.2, 0.25) is 0 Å².